The summed E-state index contributed by atoms with van der Waals surface area (Å²) in [6.07, 6.45) is 66.3. The molecule has 2 unspecified atom stereocenters. The highest BCUT2D eigenvalue weighted by molar-refractivity contribution is 7.45. The van der Waals surface area contributed by atoms with E-state index in [1.165, 1.54) is 19.3 Å². The number of rotatable bonds is 42. The van der Waals surface area contributed by atoms with Crippen molar-refractivity contribution in [1.82, 2.24) is 0 Å². The minimum atomic E-state index is -4.56. The Morgan fingerprint density at radius 1 is 0.492 bits per heavy atom. The van der Waals surface area contributed by atoms with Crippen LogP contribution in [0.15, 0.2) is 134 Å². The maximum atomic E-state index is 12.7. The van der Waals surface area contributed by atoms with Crippen LogP contribution in [0, 0.1) is 0 Å². The molecule has 0 N–H and O–H groups in total. The van der Waals surface area contributed by atoms with Crippen molar-refractivity contribution in [2.24, 2.45) is 0 Å². The number of unbranched alkanes of at least 4 members (excludes halogenated alkanes) is 6. The molecule has 9 heteroatoms. The molecule has 0 heterocycles. The first-order chi connectivity index (χ1) is 30.6. The summed E-state index contributed by atoms with van der Waals surface area (Å²) in [4.78, 5) is 25.1. The number of allylic oxidation sites excluding steroid dienone is 22. The second-order valence-electron chi connectivity index (χ2n) is 16.3. The standard InChI is InChI=1S/C54H88NO7P/c1-6-8-10-12-14-16-18-20-22-24-26-27-28-30-32-34-36-38-40-42-44-46-49-59-51-53(52-61-63(57,58)60-50-48-55(3,4)5)62-54(56)47-45-43-41-39-37-35-33-31-29-25-23-21-19-17-15-13-11-9-7-2/h8-11,14-17,20-23,26-27,29-32,35,37,41,43,53H,6-7,12-13,18-19,24-25,28,33-34,36,38-40,42,44-52H2,1-5H3/b10-8-,11-9-,16-14-,17-15-,22-20-,23-21-,27-26-,31-29-,32-30-,37-35-,43-41-. The van der Waals surface area contributed by atoms with E-state index in [1.807, 2.05) is 33.3 Å². The molecule has 0 saturated carbocycles. The van der Waals surface area contributed by atoms with Crippen LogP contribution in [-0.4, -0.2) is 70.7 Å². The Hall–Kier alpha value is -3.36. The van der Waals surface area contributed by atoms with Crippen molar-refractivity contribution < 1.29 is 37.3 Å². The molecule has 0 bridgehead atoms. The van der Waals surface area contributed by atoms with E-state index in [2.05, 4.69) is 135 Å². The molecular weight excluding hydrogens is 806 g/mol. The number of phosphoric acid groups is 1. The van der Waals surface area contributed by atoms with Crippen LogP contribution in [0.4, 0.5) is 0 Å². The lowest BCUT2D eigenvalue weighted by atomic mass is 10.1. The van der Waals surface area contributed by atoms with E-state index in [0.717, 1.165) is 96.3 Å². The maximum Gasteiger partial charge on any atom is 0.306 e. The van der Waals surface area contributed by atoms with E-state index < -0.39 is 19.9 Å². The normalized spacial score (nSPS) is 14.8. The molecule has 0 aliphatic heterocycles. The highest BCUT2D eigenvalue weighted by Crippen LogP contribution is 2.38. The van der Waals surface area contributed by atoms with Gasteiger partial charge in [0.15, 0.2) is 0 Å². The second-order valence-corrected chi connectivity index (χ2v) is 17.8. The summed E-state index contributed by atoms with van der Waals surface area (Å²) >= 11 is 0. The quantitative estimate of drug-likeness (QED) is 0.0198. The Kier molecular flexibility index (Phi) is 42.8. The zero-order valence-electron chi connectivity index (χ0n) is 40.2. The van der Waals surface area contributed by atoms with Gasteiger partial charge in [-0.2, -0.15) is 0 Å². The Morgan fingerprint density at radius 3 is 1.30 bits per heavy atom. The third-order valence-electron chi connectivity index (χ3n) is 9.21. The molecule has 0 aromatic carbocycles. The molecule has 0 aromatic rings. The first-order valence-corrected chi connectivity index (χ1v) is 25.4. The summed E-state index contributed by atoms with van der Waals surface area (Å²) in [5.41, 5.74) is 0. The number of hydrogen-bond donors (Lipinski definition) is 0. The molecule has 0 spiro atoms. The number of carbonyl (C=O) groups excluding carboxylic acids is 1. The maximum absolute atomic E-state index is 12.7. The third-order valence-corrected chi connectivity index (χ3v) is 10.2. The van der Waals surface area contributed by atoms with Gasteiger partial charge in [0.05, 0.1) is 34.4 Å². The van der Waals surface area contributed by atoms with Gasteiger partial charge in [-0.25, -0.2) is 0 Å². The Morgan fingerprint density at radius 2 is 0.873 bits per heavy atom. The Labute approximate surface area is 385 Å². The summed E-state index contributed by atoms with van der Waals surface area (Å²) in [5, 5.41) is 0. The number of phosphoric ester groups is 1. The molecule has 0 fully saturated rings. The van der Waals surface area contributed by atoms with Gasteiger partial charge in [0, 0.05) is 13.0 Å². The van der Waals surface area contributed by atoms with Crippen LogP contribution >= 0.6 is 7.82 Å². The molecule has 8 nitrogen and oxygen atoms in total. The van der Waals surface area contributed by atoms with Gasteiger partial charge in [-0.3, -0.25) is 9.36 Å². The van der Waals surface area contributed by atoms with E-state index in [4.69, 9.17) is 18.5 Å². The number of carbonyl (C=O) groups is 1. The molecule has 0 amide bonds. The van der Waals surface area contributed by atoms with Crippen LogP contribution in [0.5, 0.6) is 0 Å². The average Bonchev–Trinajstić information content (AvgIpc) is 3.24. The number of likely N-dealkylation sites (N-methyl/N-ethyl adjacent to an activating group) is 1. The van der Waals surface area contributed by atoms with Gasteiger partial charge in [-0.15, -0.1) is 0 Å². The zero-order valence-corrected chi connectivity index (χ0v) is 41.1. The van der Waals surface area contributed by atoms with E-state index in [0.29, 0.717) is 24.1 Å². The Bertz CT molecular complexity index is 1460. The average molecular weight is 894 g/mol. The number of nitrogens with zero attached hydrogens (tertiary/aromatic N) is 1. The molecule has 0 saturated heterocycles. The van der Waals surface area contributed by atoms with Crippen molar-refractivity contribution in [2.75, 3.05) is 54.1 Å². The monoisotopic (exact) mass is 894 g/mol. The van der Waals surface area contributed by atoms with Gasteiger partial charge in [0.1, 0.15) is 19.3 Å². The lowest BCUT2D eigenvalue weighted by Crippen LogP contribution is -2.37. The van der Waals surface area contributed by atoms with Crippen molar-refractivity contribution in [2.45, 2.75) is 148 Å². The molecule has 2 atom stereocenters. The fourth-order valence-corrected chi connectivity index (χ4v) is 6.33. The van der Waals surface area contributed by atoms with Gasteiger partial charge >= 0.3 is 5.97 Å². The molecule has 0 aromatic heterocycles. The molecule has 0 rings (SSSR count). The van der Waals surface area contributed by atoms with Crippen LogP contribution in [0.3, 0.4) is 0 Å². The highest BCUT2D eigenvalue weighted by Gasteiger charge is 2.20. The summed E-state index contributed by atoms with van der Waals surface area (Å²) < 4.78 is 34.6. The molecule has 0 aliphatic rings. The lowest BCUT2D eigenvalue weighted by molar-refractivity contribution is -0.870. The number of ether oxygens (including phenoxy) is 2. The SMILES string of the molecule is CC/C=C\C/C=C\C/C=C\C/C=C\C/C=C\C/C=C\CCC(=O)OC(COCCCCCCCC/C=C\C/C=C\C/C=C\C/C=C\C/C=C\CC)COP(=O)([O-])OCC[N+](C)(C)C. The highest BCUT2D eigenvalue weighted by atomic mass is 31.2. The molecule has 0 aliphatic carbocycles. The molecule has 0 radical (unpaired) electrons. The minimum absolute atomic E-state index is 0.000566. The van der Waals surface area contributed by atoms with Crippen LogP contribution in [0.25, 0.3) is 0 Å². The fourth-order valence-electron chi connectivity index (χ4n) is 5.60. The first-order valence-electron chi connectivity index (χ1n) is 23.9. The predicted molar refractivity (Wildman–Crippen MR) is 267 cm³/mol. The van der Waals surface area contributed by atoms with Gasteiger partial charge in [0.2, 0.25) is 0 Å². The predicted octanol–water partition coefficient (Wildman–Crippen LogP) is 14.1. The fraction of sp³-hybridized carbons (Fsp3) is 0.574. The lowest BCUT2D eigenvalue weighted by Gasteiger charge is -2.28. The van der Waals surface area contributed by atoms with Crippen molar-refractivity contribution in [3.63, 3.8) is 0 Å². The van der Waals surface area contributed by atoms with E-state index in [-0.39, 0.29) is 26.2 Å². The minimum Gasteiger partial charge on any atom is -0.756 e. The molecule has 63 heavy (non-hydrogen) atoms. The number of quaternary nitrogens is 1. The van der Waals surface area contributed by atoms with E-state index >= 15 is 0 Å². The van der Waals surface area contributed by atoms with Crippen LogP contribution in [-0.2, 0) is 27.9 Å². The summed E-state index contributed by atoms with van der Waals surface area (Å²) in [5.74, 6) is -0.428. The number of esters is 1. The van der Waals surface area contributed by atoms with E-state index in [9.17, 15) is 14.3 Å². The van der Waals surface area contributed by atoms with Gasteiger partial charge in [-0.05, 0) is 96.3 Å². The number of hydrogen-bond acceptors (Lipinski definition) is 7. The van der Waals surface area contributed by atoms with Crippen molar-refractivity contribution >= 4 is 13.8 Å². The van der Waals surface area contributed by atoms with Gasteiger partial charge in [-0.1, -0.05) is 173 Å². The van der Waals surface area contributed by atoms with Crippen LogP contribution < -0.4 is 4.89 Å². The molecular formula is C54H88NO7P. The van der Waals surface area contributed by atoms with Crippen molar-refractivity contribution in [3.8, 4) is 0 Å². The van der Waals surface area contributed by atoms with E-state index in [1.54, 1.807) is 0 Å². The Balaban J connectivity index is 4.38. The van der Waals surface area contributed by atoms with Crippen LogP contribution in [0.1, 0.15) is 142 Å². The first kappa shape index (κ1) is 59.6. The third kappa shape index (κ3) is 49.5. The smallest absolute Gasteiger partial charge is 0.306 e. The van der Waals surface area contributed by atoms with Crippen molar-refractivity contribution in [1.29, 1.82) is 0 Å². The summed E-state index contributed by atoms with van der Waals surface area (Å²) in [6, 6.07) is 0. The van der Waals surface area contributed by atoms with Crippen molar-refractivity contribution in [3.05, 3.63) is 134 Å². The van der Waals surface area contributed by atoms with Crippen LogP contribution in [0.2, 0.25) is 0 Å². The van der Waals surface area contributed by atoms with Gasteiger partial charge in [0.25, 0.3) is 7.82 Å². The summed E-state index contributed by atoms with van der Waals surface area (Å²) in [7, 11) is 1.27. The zero-order chi connectivity index (χ0) is 46.2. The molecule has 356 valence electrons. The second kappa shape index (κ2) is 45.2. The topological polar surface area (TPSA) is 94.1 Å². The largest absolute Gasteiger partial charge is 0.756 e. The summed E-state index contributed by atoms with van der Waals surface area (Å²) in [6.45, 7) is 5.00. The van der Waals surface area contributed by atoms with Gasteiger partial charge < -0.3 is 27.9 Å².